The molecule has 0 bridgehead atoms. The number of carbonyl (C=O) groups is 1. The Balaban J connectivity index is 2.04. The molecule has 1 aromatic heterocycles. The maximum atomic E-state index is 13.9. The Bertz CT molecular complexity index is 638. The summed E-state index contributed by atoms with van der Waals surface area (Å²) in [5.74, 6) is -0.499. The first-order valence-corrected chi connectivity index (χ1v) is 6.84. The van der Waals surface area contributed by atoms with Crippen LogP contribution >= 0.6 is 0 Å². The van der Waals surface area contributed by atoms with E-state index in [0.717, 1.165) is 11.3 Å². The second-order valence-electron chi connectivity index (χ2n) is 5.28. The van der Waals surface area contributed by atoms with E-state index in [1.165, 1.54) is 6.07 Å². The van der Waals surface area contributed by atoms with Gasteiger partial charge >= 0.3 is 0 Å². The third kappa shape index (κ3) is 4.08. The summed E-state index contributed by atoms with van der Waals surface area (Å²) in [6, 6.07) is 8.37. The molecule has 2 aromatic rings. The molecule has 4 nitrogen and oxygen atoms in total. The highest BCUT2D eigenvalue weighted by atomic mass is 19.1. The normalized spacial score (nSPS) is 10.7. The van der Waals surface area contributed by atoms with Crippen molar-refractivity contribution in [2.24, 2.45) is 0 Å². The number of nitrogens with one attached hydrogen (secondary N) is 1. The zero-order valence-corrected chi connectivity index (χ0v) is 12.4. The number of anilines is 1. The molecule has 0 saturated carbocycles. The number of nitrogens with zero attached hydrogens (tertiary/aromatic N) is 2. The van der Waals surface area contributed by atoms with E-state index in [-0.39, 0.29) is 23.9 Å². The lowest BCUT2D eigenvalue weighted by Crippen LogP contribution is -2.16. The number of halogens is 1. The smallest absolute Gasteiger partial charge is 0.230 e. The van der Waals surface area contributed by atoms with E-state index >= 15 is 0 Å². The van der Waals surface area contributed by atoms with Gasteiger partial charge in [-0.25, -0.2) is 4.39 Å². The minimum atomic E-state index is -0.426. The van der Waals surface area contributed by atoms with Crippen LogP contribution in [0.2, 0.25) is 0 Å². The molecule has 5 heteroatoms. The summed E-state index contributed by atoms with van der Waals surface area (Å²) < 4.78 is 13.9. The largest absolute Gasteiger partial charge is 0.323 e. The topological polar surface area (TPSA) is 54.9 Å². The lowest BCUT2D eigenvalue weighted by atomic mass is 10.0. The maximum absolute atomic E-state index is 13.9. The quantitative estimate of drug-likeness (QED) is 0.939. The lowest BCUT2D eigenvalue weighted by Gasteiger charge is -2.10. The number of hydrogen-bond acceptors (Lipinski definition) is 3. The van der Waals surface area contributed by atoms with Crippen molar-refractivity contribution in [3.8, 4) is 0 Å². The predicted octanol–water partition coefficient (Wildman–Crippen LogP) is 3.23. The fourth-order valence-corrected chi connectivity index (χ4v) is 1.87. The highest BCUT2D eigenvalue weighted by Gasteiger charge is 2.10. The lowest BCUT2D eigenvalue weighted by molar-refractivity contribution is -0.115. The molecule has 21 heavy (non-hydrogen) atoms. The molecule has 2 rings (SSSR count). The van der Waals surface area contributed by atoms with Gasteiger partial charge in [-0.05, 0) is 42.7 Å². The van der Waals surface area contributed by atoms with Crippen LogP contribution in [0, 0.1) is 12.7 Å². The van der Waals surface area contributed by atoms with Crippen LogP contribution in [-0.2, 0) is 11.2 Å². The van der Waals surface area contributed by atoms with Crippen LogP contribution in [0.5, 0.6) is 0 Å². The molecule has 0 radical (unpaired) electrons. The van der Waals surface area contributed by atoms with Gasteiger partial charge in [-0.3, -0.25) is 4.79 Å². The molecule has 1 aromatic carbocycles. The predicted molar refractivity (Wildman–Crippen MR) is 79.6 cm³/mol. The van der Waals surface area contributed by atoms with Crippen molar-refractivity contribution in [1.82, 2.24) is 10.2 Å². The van der Waals surface area contributed by atoms with Crippen LogP contribution in [-0.4, -0.2) is 16.1 Å². The second-order valence-corrected chi connectivity index (χ2v) is 5.28. The summed E-state index contributed by atoms with van der Waals surface area (Å²) in [5, 5.41) is 10.4. The van der Waals surface area contributed by atoms with Gasteiger partial charge in [0.25, 0.3) is 0 Å². The van der Waals surface area contributed by atoms with E-state index in [2.05, 4.69) is 15.5 Å². The Morgan fingerprint density at radius 3 is 2.57 bits per heavy atom. The molecule has 1 heterocycles. The van der Waals surface area contributed by atoms with Gasteiger partial charge in [-0.2, -0.15) is 10.2 Å². The van der Waals surface area contributed by atoms with Crippen LogP contribution in [0.1, 0.15) is 36.7 Å². The standard InChI is InChI=1S/C16H18FN3O/c1-10(2)12-5-7-15(14(17)8-12)18-16(21)9-13-6-4-11(3)19-20-13/h4-8,10H,9H2,1-3H3,(H,18,21). The Hall–Kier alpha value is -2.30. The van der Waals surface area contributed by atoms with Crippen molar-refractivity contribution in [2.45, 2.75) is 33.1 Å². The van der Waals surface area contributed by atoms with Gasteiger partial charge in [0.2, 0.25) is 5.91 Å². The molecule has 0 unspecified atom stereocenters. The van der Waals surface area contributed by atoms with Crippen molar-refractivity contribution in [3.05, 3.63) is 53.1 Å². The Morgan fingerprint density at radius 2 is 2.00 bits per heavy atom. The molecular weight excluding hydrogens is 269 g/mol. The van der Waals surface area contributed by atoms with E-state index in [0.29, 0.717) is 5.69 Å². The van der Waals surface area contributed by atoms with E-state index in [1.54, 1.807) is 18.2 Å². The summed E-state index contributed by atoms with van der Waals surface area (Å²) in [6.07, 6.45) is 0.0681. The van der Waals surface area contributed by atoms with Gasteiger partial charge in [0, 0.05) is 0 Å². The van der Waals surface area contributed by atoms with Crippen LogP contribution in [0.3, 0.4) is 0 Å². The molecule has 0 aliphatic heterocycles. The summed E-state index contributed by atoms with van der Waals surface area (Å²) in [7, 11) is 0. The minimum absolute atomic E-state index is 0.0681. The second kappa shape index (κ2) is 6.43. The fourth-order valence-electron chi connectivity index (χ4n) is 1.87. The average molecular weight is 287 g/mol. The third-order valence-corrected chi connectivity index (χ3v) is 3.13. The zero-order chi connectivity index (χ0) is 15.4. The van der Waals surface area contributed by atoms with E-state index in [4.69, 9.17) is 0 Å². The van der Waals surface area contributed by atoms with E-state index in [1.807, 2.05) is 26.8 Å². The molecule has 1 N–H and O–H groups in total. The van der Waals surface area contributed by atoms with Gasteiger partial charge in [0.15, 0.2) is 0 Å². The van der Waals surface area contributed by atoms with Gasteiger partial charge in [0.05, 0.1) is 23.5 Å². The number of benzene rings is 1. The Kier molecular flexibility index (Phi) is 4.62. The first-order chi connectivity index (χ1) is 9.95. The minimum Gasteiger partial charge on any atom is -0.323 e. The number of aromatic nitrogens is 2. The highest BCUT2D eigenvalue weighted by molar-refractivity contribution is 5.92. The Labute approximate surface area is 123 Å². The summed E-state index contributed by atoms with van der Waals surface area (Å²) in [5.41, 5.74) is 2.42. The van der Waals surface area contributed by atoms with E-state index < -0.39 is 5.82 Å². The molecule has 0 aliphatic carbocycles. The van der Waals surface area contributed by atoms with Crippen molar-refractivity contribution >= 4 is 11.6 Å². The van der Waals surface area contributed by atoms with Crippen LogP contribution in [0.15, 0.2) is 30.3 Å². The molecule has 0 aliphatic rings. The fraction of sp³-hybridized carbons (Fsp3) is 0.312. The maximum Gasteiger partial charge on any atom is 0.230 e. The number of amides is 1. The van der Waals surface area contributed by atoms with Crippen molar-refractivity contribution in [2.75, 3.05) is 5.32 Å². The monoisotopic (exact) mass is 287 g/mol. The summed E-state index contributed by atoms with van der Waals surface area (Å²) in [4.78, 5) is 11.9. The molecule has 0 saturated heterocycles. The van der Waals surface area contributed by atoms with Gasteiger partial charge in [-0.15, -0.1) is 0 Å². The van der Waals surface area contributed by atoms with Crippen LogP contribution in [0.4, 0.5) is 10.1 Å². The molecule has 110 valence electrons. The Morgan fingerprint density at radius 1 is 1.24 bits per heavy atom. The first-order valence-electron chi connectivity index (χ1n) is 6.84. The van der Waals surface area contributed by atoms with Crippen LogP contribution < -0.4 is 5.32 Å². The van der Waals surface area contributed by atoms with Gasteiger partial charge < -0.3 is 5.32 Å². The van der Waals surface area contributed by atoms with Crippen molar-refractivity contribution < 1.29 is 9.18 Å². The molecule has 0 fully saturated rings. The first kappa shape index (κ1) is 15.1. The molecule has 0 spiro atoms. The van der Waals surface area contributed by atoms with Crippen molar-refractivity contribution in [3.63, 3.8) is 0 Å². The molecular formula is C16H18FN3O. The summed E-state index contributed by atoms with van der Waals surface area (Å²) in [6.45, 7) is 5.80. The zero-order valence-electron chi connectivity index (χ0n) is 12.4. The third-order valence-electron chi connectivity index (χ3n) is 3.13. The van der Waals surface area contributed by atoms with Gasteiger partial charge in [-0.1, -0.05) is 19.9 Å². The average Bonchev–Trinajstić information content (AvgIpc) is 2.43. The SMILES string of the molecule is Cc1ccc(CC(=O)Nc2ccc(C(C)C)cc2F)nn1. The number of aryl methyl sites for hydroxylation is 1. The number of hydrogen-bond donors (Lipinski definition) is 1. The highest BCUT2D eigenvalue weighted by Crippen LogP contribution is 2.21. The van der Waals surface area contributed by atoms with Crippen LogP contribution in [0.25, 0.3) is 0 Å². The van der Waals surface area contributed by atoms with Gasteiger partial charge in [0.1, 0.15) is 5.82 Å². The molecule has 0 atom stereocenters. The van der Waals surface area contributed by atoms with Crippen molar-refractivity contribution in [1.29, 1.82) is 0 Å². The number of rotatable bonds is 4. The van der Waals surface area contributed by atoms with E-state index in [9.17, 15) is 9.18 Å². The molecule has 1 amide bonds. The summed E-state index contributed by atoms with van der Waals surface area (Å²) >= 11 is 0. The number of carbonyl (C=O) groups excluding carboxylic acids is 1.